The summed E-state index contributed by atoms with van der Waals surface area (Å²) in [7, 11) is 0. The normalized spacial score (nSPS) is 11.8. The van der Waals surface area contributed by atoms with Crippen molar-refractivity contribution >= 4 is 54.5 Å². The van der Waals surface area contributed by atoms with Crippen molar-refractivity contribution in [2.24, 2.45) is 0 Å². The molecular weight excluding hydrogens is 591 g/mol. The molecule has 0 N–H and O–H groups in total. The fourth-order valence-corrected chi connectivity index (χ4v) is 7.06. The van der Waals surface area contributed by atoms with Crippen LogP contribution in [0.3, 0.4) is 0 Å². The average molecular weight is 616 g/mol. The smallest absolute Gasteiger partial charge is 0.235 e. The third kappa shape index (κ3) is 3.91. The van der Waals surface area contributed by atoms with Crippen molar-refractivity contribution in [3.8, 4) is 34.4 Å². The molecule has 0 spiro atoms. The summed E-state index contributed by atoms with van der Waals surface area (Å²) < 4.78 is 4.59. The van der Waals surface area contributed by atoms with Gasteiger partial charge >= 0.3 is 0 Å². The largest absolute Gasteiger partial charge is 0.307 e. The Labute approximate surface area is 274 Å². The van der Waals surface area contributed by atoms with E-state index in [-0.39, 0.29) is 0 Å². The number of hydrogen-bond acceptors (Lipinski definition) is 5. The number of para-hydroxylation sites is 3. The van der Waals surface area contributed by atoms with Crippen LogP contribution >= 0.6 is 0 Å². The average Bonchev–Trinajstić information content (AvgIpc) is 3.68. The van der Waals surface area contributed by atoms with E-state index in [1.165, 1.54) is 10.8 Å². The Balaban J connectivity index is 1.38. The quantitative estimate of drug-likeness (QED) is 0.197. The second-order valence-electron chi connectivity index (χ2n) is 11.8. The van der Waals surface area contributed by atoms with Gasteiger partial charge in [-0.3, -0.25) is 9.55 Å². The van der Waals surface area contributed by atoms with E-state index in [1.807, 2.05) is 42.5 Å². The van der Waals surface area contributed by atoms with Crippen LogP contribution in [0.2, 0.25) is 0 Å². The molecule has 0 fully saturated rings. The summed E-state index contributed by atoms with van der Waals surface area (Å²) in [6.45, 7) is 0. The standard InChI is InChI=1S/C41H25N7/c1-2-11-27(12-3-1)47-35-16-6-4-13-28(35)30-20-21-31-29-14-5-7-17-36(29)48(39(31)38(30)47)41-45-34-25-26(40-43-23-10-24-44-40)18-19-32(34)37(46-41)33-15-8-9-22-42-33/h1-25H. The van der Waals surface area contributed by atoms with Gasteiger partial charge in [-0.1, -0.05) is 78.9 Å². The number of pyridine rings is 1. The van der Waals surface area contributed by atoms with Crippen molar-refractivity contribution in [3.05, 3.63) is 152 Å². The number of aromatic nitrogens is 7. The maximum Gasteiger partial charge on any atom is 0.235 e. The van der Waals surface area contributed by atoms with Crippen molar-refractivity contribution in [1.29, 1.82) is 0 Å². The Kier molecular flexibility index (Phi) is 5.74. The first-order valence-corrected chi connectivity index (χ1v) is 15.9. The van der Waals surface area contributed by atoms with Gasteiger partial charge in [0.25, 0.3) is 0 Å². The predicted molar refractivity (Wildman–Crippen MR) is 192 cm³/mol. The fraction of sp³-hybridized carbons (Fsp3) is 0. The molecule has 224 valence electrons. The molecule has 48 heavy (non-hydrogen) atoms. The Morgan fingerprint density at radius 1 is 0.438 bits per heavy atom. The van der Waals surface area contributed by atoms with E-state index in [1.54, 1.807) is 18.6 Å². The first kappa shape index (κ1) is 26.5. The Morgan fingerprint density at radius 2 is 1.06 bits per heavy atom. The molecule has 5 heterocycles. The van der Waals surface area contributed by atoms with E-state index >= 15 is 0 Å². The van der Waals surface area contributed by atoms with Crippen LogP contribution in [0.4, 0.5) is 0 Å². The van der Waals surface area contributed by atoms with Crippen LogP contribution in [-0.2, 0) is 0 Å². The molecule has 7 heteroatoms. The van der Waals surface area contributed by atoms with E-state index in [9.17, 15) is 0 Å². The van der Waals surface area contributed by atoms with Gasteiger partial charge < -0.3 is 4.57 Å². The molecule has 0 saturated carbocycles. The third-order valence-electron chi connectivity index (χ3n) is 9.10. The highest BCUT2D eigenvalue weighted by atomic mass is 15.2. The maximum atomic E-state index is 5.33. The van der Waals surface area contributed by atoms with Crippen molar-refractivity contribution in [3.63, 3.8) is 0 Å². The van der Waals surface area contributed by atoms with E-state index in [0.29, 0.717) is 11.8 Å². The van der Waals surface area contributed by atoms with E-state index in [4.69, 9.17) is 15.0 Å². The predicted octanol–water partition coefficient (Wildman–Crippen LogP) is 9.34. The van der Waals surface area contributed by atoms with Gasteiger partial charge in [0.05, 0.1) is 33.3 Å². The highest BCUT2D eigenvalue weighted by molar-refractivity contribution is 6.23. The minimum absolute atomic E-state index is 0.567. The van der Waals surface area contributed by atoms with Gasteiger partial charge in [0.2, 0.25) is 5.95 Å². The molecule has 5 aromatic heterocycles. The summed E-state index contributed by atoms with van der Waals surface area (Å²) in [6.07, 6.45) is 5.32. The van der Waals surface area contributed by atoms with Gasteiger partial charge in [-0.15, -0.1) is 0 Å². The topological polar surface area (TPSA) is 74.3 Å². The van der Waals surface area contributed by atoms with Crippen LogP contribution in [0, 0.1) is 0 Å². The van der Waals surface area contributed by atoms with Crippen LogP contribution in [0.15, 0.2) is 152 Å². The molecule has 10 rings (SSSR count). The Bertz CT molecular complexity index is 2820. The Hall–Kier alpha value is -6.73. The molecule has 0 aliphatic heterocycles. The molecular formula is C41H25N7. The van der Waals surface area contributed by atoms with Gasteiger partial charge in [-0.2, -0.15) is 0 Å². The molecule has 0 aliphatic carbocycles. The zero-order valence-electron chi connectivity index (χ0n) is 25.6. The lowest BCUT2D eigenvalue weighted by Gasteiger charge is -2.14. The summed E-state index contributed by atoms with van der Waals surface area (Å²) in [6, 6.07) is 46.0. The molecule has 0 saturated heterocycles. The maximum absolute atomic E-state index is 5.33. The zero-order chi connectivity index (χ0) is 31.6. The first-order valence-electron chi connectivity index (χ1n) is 15.9. The minimum Gasteiger partial charge on any atom is -0.307 e. The highest BCUT2D eigenvalue weighted by Gasteiger charge is 2.23. The molecule has 0 bridgehead atoms. The molecule has 0 amide bonds. The molecule has 0 unspecified atom stereocenters. The number of fused-ring (bicyclic) bond motifs is 8. The molecule has 10 aromatic rings. The van der Waals surface area contributed by atoms with Gasteiger partial charge in [-0.25, -0.2) is 19.9 Å². The Morgan fingerprint density at radius 3 is 1.79 bits per heavy atom. The summed E-state index contributed by atoms with van der Waals surface area (Å²) in [5, 5.41) is 5.53. The third-order valence-corrected chi connectivity index (χ3v) is 9.10. The lowest BCUT2D eigenvalue weighted by molar-refractivity contribution is 1.01. The summed E-state index contributed by atoms with van der Waals surface area (Å²) in [5.41, 5.74) is 8.61. The van der Waals surface area contributed by atoms with Gasteiger partial charge in [0.1, 0.15) is 5.69 Å². The van der Waals surface area contributed by atoms with Crippen LogP contribution < -0.4 is 0 Å². The van der Waals surface area contributed by atoms with Crippen LogP contribution in [0.25, 0.3) is 88.9 Å². The lowest BCUT2D eigenvalue weighted by Crippen LogP contribution is -2.05. The minimum atomic E-state index is 0.567. The van der Waals surface area contributed by atoms with Crippen molar-refractivity contribution < 1.29 is 0 Å². The monoisotopic (exact) mass is 615 g/mol. The highest BCUT2D eigenvalue weighted by Crippen LogP contribution is 2.41. The lowest BCUT2D eigenvalue weighted by atomic mass is 10.1. The zero-order valence-corrected chi connectivity index (χ0v) is 25.6. The number of rotatable bonds is 4. The second-order valence-corrected chi connectivity index (χ2v) is 11.8. The van der Waals surface area contributed by atoms with Crippen LogP contribution in [0.5, 0.6) is 0 Å². The first-order chi connectivity index (χ1) is 23.8. The van der Waals surface area contributed by atoms with E-state index < -0.39 is 0 Å². The van der Waals surface area contributed by atoms with Crippen LogP contribution in [-0.4, -0.2) is 34.1 Å². The van der Waals surface area contributed by atoms with Crippen molar-refractivity contribution in [1.82, 2.24) is 34.1 Å². The summed E-state index contributed by atoms with van der Waals surface area (Å²) in [5.74, 6) is 1.21. The van der Waals surface area contributed by atoms with E-state index in [2.05, 4.69) is 110 Å². The van der Waals surface area contributed by atoms with Crippen molar-refractivity contribution in [2.45, 2.75) is 0 Å². The molecule has 0 radical (unpaired) electrons. The number of hydrogen-bond donors (Lipinski definition) is 0. The van der Waals surface area contributed by atoms with Crippen molar-refractivity contribution in [2.75, 3.05) is 0 Å². The van der Waals surface area contributed by atoms with Crippen LogP contribution in [0.1, 0.15) is 0 Å². The van der Waals surface area contributed by atoms with Gasteiger partial charge in [0.15, 0.2) is 5.82 Å². The number of nitrogens with zero attached hydrogens (tertiary/aromatic N) is 7. The summed E-state index contributed by atoms with van der Waals surface area (Å²) >= 11 is 0. The second kappa shape index (κ2) is 10.4. The molecule has 0 aliphatic rings. The van der Waals surface area contributed by atoms with Gasteiger partial charge in [0, 0.05) is 56.8 Å². The number of benzene rings is 5. The molecule has 5 aromatic carbocycles. The summed E-state index contributed by atoms with van der Waals surface area (Å²) in [4.78, 5) is 24.4. The SMILES string of the molecule is c1ccc(-n2c3ccccc3c3ccc4c5ccccc5n(-c5nc(-c6ccccn6)c6ccc(-c7ncccn7)cc6n5)c4c32)cc1. The molecule has 7 nitrogen and oxygen atoms in total. The van der Waals surface area contributed by atoms with E-state index in [0.717, 1.165) is 66.4 Å². The fourth-order valence-electron chi connectivity index (χ4n) is 7.06. The molecule has 0 atom stereocenters. The van der Waals surface area contributed by atoms with Gasteiger partial charge in [-0.05, 0) is 54.6 Å².